The van der Waals surface area contributed by atoms with E-state index in [1.54, 1.807) is 59.4 Å². The van der Waals surface area contributed by atoms with Crippen LogP contribution < -0.4 is 16.4 Å². The van der Waals surface area contributed by atoms with E-state index in [9.17, 15) is 14.4 Å². The third-order valence-corrected chi connectivity index (χ3v) is 5.63. The molecular weight excluding hydrogens is 448 g/mol. The third kappa shape index (κ3) is 4.81. The van der Waals surface area contributed by atoms with Crippen LogP contribution in [0.4, 0.5) is 17.1 Å². The number of esters is 1. The van der Waals surface area contributed by atoms with E-state index in [1.165, 1.54) is 13.2 Å². The minimum absolute atomic E-state index is 0.308. The zero-order chi connectivity index (χ0) is 25.3. The van der Waals surface area contributed by atoms with Gasteiger partial charge >= 0.3 is 5.97 Å². The summed E-state index contributed by atoms with van der Waals surface area (Å²) < 4.78 is 9.65. The number of anilines is 3. The number of ether oxygens (including phenoxy) is 1. The van der Waals surface area contributed by atoms with Gasteiger partial charge in [-0.3, -0.25) is 9.59 Å². The Labute approximate surface area is 201 Å². The van der Waals surface area contributed by atoms with Gasteiger partial charge in [-0.1, -0.05) is 12.1 Å². The highest BCUT2D eigenvalue weighted by atomic mass is 16.5. The molecule has 4 N–H and O–H groups in total. The summed E-state index contributed by atoms with van der Waals surface area (Å²) in [4.78, 5) is 37.6. The predicted molar refractivity (Wildman–Crippen MR) is 133 cm³/mol. The topological polar surface area (TPSA) is 125 Å². The second kappa shape index (κ2) is 9.26. The maximum Gasteiger partial charge on any atom is 0.354 e. The van der Waals surface area contributed by atoms with Crippen molar-refractivity contribution in [1.82, 2.24) is 13.7 Å². The van der Waals surface area contributed by atoms with Crippen LogP contribution in [0, 0.1) is 0 Å². The number of carbonyl (C=O) groups excluding carboxylic acids is 3. The standard InChI is InChI=1S/C25H26N6O4/c1-29-12-16(15-5-7-17(26)8-6-15)9-20(29)23(32)27-18-10-21(30(2)13-18)24(33)28-19-11-22(25(34)35-4)31(3)14-19/h5-14H,26H2,1-4H3,(H,27,32)(H,28,33). The number of rotatable bonds is 6. The fourth-order valence-electron chi connectivity index (χ4n) is 3.81. The summed E-state index contributed by atoms with van der Waals surface area (Å²) in [5, 5.41) is 5.60. The van der Waals surface area contributed by atoms with Gasteiger partial charge in [0.05, 0.1) is 18.5 Å². The van der Waals surface area contributed by atoms with Crippen molar-refractivity contribution in [3.05, 3.63) is 78.1 Å². The molecule has 0 aliphatic carbocycles. The van der Waals surface area contributed by atoms with Gasteiger partial charge < -0.3 is 34.8 Å². The molecule has 3 heterocycles. The molecule has 0 fully saturated rings. The van der Waals surface area contributed by atoms with Gasteiger partial charge in [-0.25, -0.2) is 4.79 Å². The van der Waals surface area contributed by atoms with Crippen LogP contribution in [0.15, 0.2) is 61.1 Å². The van der Waals surface area contributed by atoms with E-state index in [2.05, 4.69) is 10.6 Å². The lowest BCUT2D eigenvalue weighted by atomic mass is 10.1. The van der Waals surface area contributed by atoms with Gasteiger partial charge in [-0.05, 0) is 35.9 Å². The lowest BCUT2D eigenvalue weighted by Gasteiger charge is -2.03. The van der Waals surface area contributed by atoms with E-state index in [0.717, 1.165) is 11.1 Å². The Morgan fingerprint density at radius 1 is 0.714 bits per heavy atom. The molecule has 0 spiro atoms. The first-order valence-corrected chi connectivity index (χ1v) is 10.7. The van der Waals surface area contributed by atoms with Crippen molar-refractivity contribution in [2.75, 3.05) is 23.5 Å². The Balaban J connectivity index is 1.48. The van der Waals surface area contributed by atoms with Crippen molar-refractivity contribution in [2.24, 2.45) is 21.1 Å². The van der Waals surface area contributed by atoms with Crippen LogP contribution in [0.25, 0.3) is 11.1 Å². The summed E-state index contributed by atoms with van der Waals surface area (Å²) in [5.41, 5.74) is 10.3. The summed E-state index contributed by atoms with van der Waals surface area (Å²) in [6.07, 6.45) is 5.14. The summed E-state index contributed by atoms with van der Waals surface area (Å²) in [7, 11) is 6.47. The van der Waals surface area contributed by atoms with Crippen LogP contribution in [0.3, 0.4) is 0 Å². The average molecular weight is 475 g/mol. The van der Waals surface area contributed by atoms with Gasteiger partial charge in [0.15, 0.2) is 0 Å². The van der Waals surface area contributed by atoms with Crippen molar-refractivity contribution < 1.29 is 19.1 Å². The minimum Gasteiger partial charge on any atom is -0.464 e. The van der Waals surface area contributed by atoms with Crippen molar-refractivity contribution in [2.45, 2.75) is 0 Å². The lowest BCUT2D eigenvalue weighted by Crippen LogP contribution is -2.15. The highest BCUT2D eigenvalue weighted by molar-refractivity contribution is 6.07. The minimum atomic E-state index is -0.503. The molecule has 3 aromatic heterocycles. The molecule has 1 aromatic carbocycles. The fraction of sp³-hybridized carbons (Fsp3) is 0.160. The number of nitrogens with one attached hydrogen (secondary N) is 2. The van der Waals surface area contributed by atoms with Crippen LogP contribution in [-0.4, -0.2) is 38.6 Å². The molecule has 4 rings (SSSR count). The molecule has 0 saturated heterocycles. The van der Waals surface area contributed by atoms with E-state index < -0.39 is 5.97 Å². The smallest absolute Gasteiger partial charge is 0.354 e. The first kappa shape index (κ1) is 23.4. The van der Waals surface area contributed by atoms with Gasteiger partial charge in [-0.15, -0.1) is 0 Å². The maximum absolute atomic E-state index is 12.9. The Hall–Kier alpha value is -4.73. The largest absolute Gasteiger partial charge is 0.464 e. The second-order valence-corrected chi connectivity index (χ2v) is 8.20. The average Bonchev–Trinajstić information content (AvgIpc) is 3.50. The summed E-state index contributed by atoms with van der Waals surface area (Å²) in [6, 6.07) is 12.3. The third-order valence-electron chi connectivity index (χ3n) is 5.63. The van der Waals surface area contributed by atoms with E-state index >= 15 is 0 Å². The molecule has 0 aliphatic rings. The first-order chi connectivity index (χ1) is 16.7. The molecule has 0 radical (unpaired) electrons. The quantitative estimate of drug-likeness (QED) is 0.292. The number of amides is 2. The van der Waals surface area contributed by atoms with E-state index in [0.29, 0.717) is 34.1 Å². The molecule has 0 aliphatic heterocycles. The molecule has 180 valence electrons. The highest BCUT2D eigenvalue weighted by Gasteiger charge is 2.18. The summed E-state index contributed by atoms with van der Waals surface area (Å²) >= 11 is 0. The van der Waals surface area contributed by atoms with Crippen molar-refractivity contribution >= 4 is 34.8 Å². The monoisotopic (exact) mass is 474 g/mol. The summed E-state index contributed by atoms with van der Waals surface area (Å²) in [5.74, 6) is -1.20. The number of nitrogens with two attached hydrogens (primary N) is 1. The Morgan fingerprint density at radius 2 is 1.20 bits per heavy atom. The fourth-order valence-corrected chi connectivity index (χ4v) is 3.81. The first-order valence-electron chi connectivity index (χ1n) is 10.7. The Bertz CT molecular complexity index is 1420. The van der Waals surface area contributed by atoms with E-state index in [1.807, 2.05) is 30.5 Å². The predicted octanol–water partition coefficient (Wildman–Crippen LogP) is 3.24. The number of benzene rings is 1. The van der Waals surface area contributed by atoms with Crippen molar-refractivity contribution in [1.29, 1.82) is 0 Å². The molecule has 0 bridgehead atoms. The number of methoxy groups -OCH3 is 1. The van der Waals surface area contributed by atoms with Crippen LogP contribution in [0.2, 0.25) is 0 Å². The van der Waals surface area contributed by atoms with Crippen LogP contribution >= 0.6 is 0 Å². The van der Waals surface area contributed by atoms with E-state index in [4.69, 9.17) is 10.5 Å². The Kier molecular flexibility index (Phi) is 6.20. The molecular formula is C25H26N6O4. The van der Waals surface area contributed by atoms with Crippen LogP contribution in [-0.2, 0) is 25.9 Å². The van der Waals surface area contributed by atoms with Crippen LogP contribution in [0.5, 0.6) is 0 Å². The number of hydrogen-bond acceptors (Lipinski definition) is 5. The highest BCUT2D eigenvalue weighted by Crippen LogP contribution is 2.24. The van der Waals surface area contributed by atoms with E-state index in [-0.39, 0.29) is 11.8 Å². The maximum atomic E-state index is 12.9. The molecule has 2 amide bonds. The Morgan fingerprint density at radius 3 is 1.77 bits per heavy atom. The number of aromatic nitrogens is 3. The van der Waals surface area contributed by atoms with Crippen molar-refractivity contribution in [3.8, 4) is 11.1 Å². The van der Waals surface area contributed by atoms with Crippen LogP contribution in [0.1, 0.15) is 31.5 Å². The van der Waals surface area contributed by atoms with Gasteiger partial charge in [0.25, 0.3) is 11.8 Å². The number of nitrogens with zero attached hydrogens (tertiary/aromatic N) is 3. The molecule has 35 heavy (non-hydrogen) atoms. The summed E-state index contributed by atoms with van der Waals surface area (Å²) in [6.45, 7) is 0. The van der Waals surface area contributed by atoms with Gasteiger partial charge in [0.1, 0.15) is 17.1 Å². The van der Waals surface area contributed by atoms with Gasteiger partial charge in [0.2, 0.25) is 0 Å². The van der Waals surface area contributed by atoms with Gasteiger partial charge in [0, 0.05) is 51.0 Å². The zero-order valence-electron chi connectivity index (χ0n) is 19.8. The number of nitrogen functional groups attached to an aromatic ring is 1. The van der Waals surface area contributed by atoms with Gasteiger partial charge in [-0.2, -0.15) is 0 Å². The zero-order valence-corrected chi connectivity index (χ0v) is 19.8. The number of aryl methyl sites for hydroxylation is 3. The molecule has 10 heteroatoms. The molecule has 0 unspecified atom stereocenters. The molecule has 0 saturated carbocycles. The number of carbonyl (C=O) groups is 3. The molecule has 4 aromatic rings. The second-order valence-electron chi connectivity index (χ2n) is 8.20. The normalized spacial score (nSPS) is 10.7. The molecule has 10 nitrogen and oxygen atoms in total. The van der Waals surface area contributed by atoms with Crippen molar-refractivity contribution in [3.63, 3.8) is 0 Å². The SMILES string of the molecule is COC(=O)c1cc(NC(=O)c2cc(NC(=O)c3cc(-c4ccc(N)cc4)cn3C)cn2C)cn1C. The lowest BCUT2D eigenvalue weighted by molar-refractivity contribution is 0.0589. The molecule has 0 atom stereocenters. The number of hydrogen-bond donors (Lipinski definition) is 3.